The smallest absolute Gasteiger partial charge is 0.250 e. The molecule has 0 fully saturated rings. The van der Waals surface area contributed by atoms with Gasteiger partial charge in [-0.3, -0.25) is 10.1 Å². The van der Waals surface area contributed by atoms with E-state index in [1.165, 1.54) is 11.0 Å². The van der Waals surface area contributed by atoms with E-state index in [0.717, 1.165) is 34.8 Å². The molecule has 0 bridgehead atoms. The molecule has 0 aliphatic rings. The van der Waals surface area contributed by atoms with Crippen LogP contribution in [-0.2, 0) is 17.6 Å². The molecule has 112 valence electrons. The summed E-state index contributed by atoms with van der Waals surface area (Å²) in [6, 6.07) is 0. The van der Waals surface area contributed by atoms with Gasteiger partial charge in [0.15, 0.2) is 5.13 Å². The van der Waals surface area contributed by atoms with E-state index in [1.54, 1.807) is 34.9 Å². The highest BCUT2D eigenvalue weighted by atomic mass is 32.1. The molecule has 0 radical (unpaired) electrons. The van der Waals surface area contributed by atoms with Crippen LogP contribution in [0.5, 0.6) is 0 Å². The fraction of sp³-hybridized carbons (Fsp3) is 0.400. The van der Waals surface area contributed by atoms with Gasteiger partial charge in [-0.2, -0.15) is 0 Å². The van der Waals surface area contributed by atoms with Gasteiger partial charge in [0.1, 0.15) is 0 Å². The molecule has 6 heteroatoms. The second-order valence-electron chi connectivity index (χ2n) is 4.60. The zero-order valence-corrected chi connectivity index (χ0v) is 14.1. The van der Waals surface area contributed by atoms with Crippen LogP contribution in [0.2, 0.25) is 0 Å². The Bertz CT molecular complexity index is 643. The quantitative estimate of drug-likeness (QED) is 0.816. The van der Waals surface area contributed by atoms with Crippen LogP contribution < -0.4 is 5.32 Å². The second-order valence-corrected chi connectivity index (χ2v) is 6.95. The Morgan fingerprint density at radius 1 is 1.38 bits per heavy atom. The third kappa shape index (κ3) is 4.47. The van der Waals surface area contributed by atoms with Crippen LogP contribution in [0.3, 0.4) is 0 Å². The third-order valence-electron chi connectivity index (χ3n) is 2.85. The van der Waals surface area contributed by atoms with E-state index in [0.29, 0.717) is 5.13 Å². The molecular formula is C15H19N3OS2. The van der Waals surface area contributed by atoms with Crippen molar-refractivity contribution in [3.05, 3.63) is 32.7 Å². The van der Waals surface area contributed by atoms with Gasteiger partial charge in [0.2, 0.25) is 5.91 Å². The minimum absolute atomic E-state index is 0.152. The monoisotopic (exact) mass is 321 g/mol. The van der Waals surface area contributed by atoms with E-state index in [1.807, 2.05) is 6.92 Å². The van der Waals surface area contributed by atoms with Gasteiger partial charge < -0.3 is 0 Å². The summed E-state index contributed by atoms with van der Waals surface area (Å²) < 4.78 is 0. The first-order valence-corrected chi connectivity index (χ1v) is 8.65. The average Bonchev–Trinajstić information content (AvgIpc) is 3.03. The molecule has 2 rings (SSSR count). The predicted molar refractivity (Wildman–Crippen MR) is 90.0 cm³/mol. The molecule has 4 nitrogen and oxygen atoms in total. The molecule has 0 saturated heterocycles. The van der Waals surface area contributed by atoms with Gasteiger partial charge in [-0.15, -0.1) is 22.7 Å². The fourth-order valence-corrected chi connectivity index (χ4v) is 3.54. The summed E-state index contributed by atoms with van der Waals surface area (Å²) in [5.74, 6) is -0.152. The lowest BCUT2D eigenvalue weighted by atomic mass is 10.2. The number of anilines is 1. The number of carbonyl (C=O) groups is 1. The van der Waals surface area contributed by atoms with Gasteiger partial charge >= 0.3 is 0 Å². The van der Waals surface area contributed by atoms with E-state index in [9.17, 15) is 4.79 Å². The van der Waals surface area contributed by atoms with Gasteiger partial charge in [-0.1, -0.05) is 20.3 Å². The minimum atomic E-state index is -0.152. The van der Waals surface area contributed by atoms with Gasteiger partial charge in [0.05, 0.1) is 10.7 Å². The number of rotatable bonds is 6. The van der Waals surface area contributed by atoms with Gasteiger partial charge in [0, 0.05) is 22.0 Å². The number of hydrogen-bond acceptors (Lipinski definition) is 5. The molecule has 0 unspecified atom stereocenters. The molecule has 21 heavy (non-hydrogen) atoms. The summed E-state index contributed by atoms with van der Waals surface area (Å²) in [7, 11) is 0. The first-order chi connectivity index (χ1) is 10.1. The number of amides is 1. The van der Waals surface area contributed by atoms with Crippen molar-refractivity contribution in [3.8, 4) is 0 Å². The Balaban J connectivity index is 2.00. The topological polar surface area (TPSA) is 54.9 Å². The lowest BCUT2D eigenvalue weighted by molar-refractivity contribution is -0.111. The van der Waals surface area contributed by atoms with E-state index in [4.69, 9.17) is 0 Å². The molecule has 0 aromatic carbocycles. The van der Waals surface area contributed by atoms with Crippen molar-refractivity contribution in [2.45, 2.75) is 40.0 Å². The molecule has 2 aromatic rings. The number of aromatic nitrogens is 2. The van der Waals surface area contributed by atoms with E-state index < -0.39 is 0 Å². The standard InChI is InChI=1S/C15H19N3OS2/c1-4-6-12-13(5-2)21-15(17-12)18-14(19)8-7-11-9-16-10(3)20-11/h7-9H,4-6H2,1-3H3,(H,17,18,19). The van der Waals surface area contributed by atoms with Crippen LogP contribution in [-0.4, -0.2) is 15.9 Å². The Kier molecular flexibility index (Phi) is 5.64. The Morgan fingerprint density at radius 2 is 2.19 bits per heavy atom. The molecule has 1 N–H and O–H groups in total. The Labute approximate surface area is 133 Å². The highest BCUT2D eigenvalue weighted by Gasteiger charge is 2.10. The number of nitrogens with zero attached hydrogens (tertiary/aromatic N) is 2. The maximum atomic E-state index is 11.9. The highest BCUT2D eigenvalue weighted by Crippen LogP contribution is 2.24. The van der Waals surface area contributed by atoms with Crippen LogP contribution in [0.25, 0.3) is 6.08 Å². The van der Waals surface area contributed by atoms with Gasteiger partial charge in [0.25, 0.3) is 0 Å². The van der Waals surface area contributed by atoms with Crippen molar-refractivity contribution in [1.29, 1.82) is 0 Å². The van der Waals surface area contributed by atoms with Crippen LogP contribution in [0.1, 0.15) is 40.7 Å². The summed E-state index contributed by atoms with van der Waals surface area (Å²) in [4.78, 5) is 22.8. The third-order valence-corrected chi connectivity index (χ3v) is 4.89. The number of hydrogen-bond donors (Lipinski definition) is 1. The number of nitrogens with one attached hydrogen (secondary N) is 1. The van der Waals surface area contributed by atoms with Gasteiger partial charge in [-0.25, -0.2) is 9.97 Å². The highest BCUT2D eigenvalue weighted by molar-refractivity contribution is 7.15. The lowest BCUT2D eigenvalue weighted by Gasteiger charge is -1.95. The van der Waals surface area contributed by atoms with Crippen LogP contribution in [0.15, 0.2) is 12.3 Å². The van der Waals surface area contributed by atoms with Crippen LogP contribution in [0.4, 0.5) is 5.13 Å². The summed E-state index contributed by atoms with van der Waals surface area (Å²) in [5.41, 5.74) is 1.11. The van der Waals surface area contributed by atoms with Crippen molar-refractivity contribution in [1.82, 2.24) is 9.97 Å². The number of thiazole rings is 2. The number of aryl methyl sites for hydroxylation is 3. The van der Waals surface area contributed by atoms with Gasteiger partial charge in [-0.05, 0) is 25.8 Å². The summed E-state index contributed by atoms with van der Waals surface area (Å²) >= 11 is 3.13. The van der Waals surface area contributed by atoms with E-state index >= 15 is 0 Å². The first-order valence-electron chi connectivity index (χ1n) is 7.02. The van der Waals surface area contributed by atoms with Crippen molar-refractivity contribution in [2.24, 2.45) is 0 Å². The zero-order valence-electron chi connectivity index (χ0n) is 12.5. The maximum Gasteiger partial charge on any atom is 0.250 e. The maximum absolute atomic E-state index is 11.9. The molecule has 0 aliphatic heterocycles. The SMILES string of the molecule is CCCc1nc(NC(=O)C=Cc2cnc(C)s2)sc1CC. The fourth-order valence-electron chi connectivity index (χ4n) is 1.90. The number of carbonyl (C=O) groups excluding carboxylic acids is 1. The van der Waals surface area contributed by atoms with Crippen molar-refractivity contribution in [3.63, 3.8) is 0 Å². The normalized spacial score (nSPS) is 11.2. The van der Waals surface area contributed by atoms with Crippen LogP contribution >= 0.6 is 22.7 Å². The van der Waals surface area contributed by atoms with Crippen LogP contribution in [0, 0.1) is 6.92 Å². The Morgan fingerprint density at radius 3 is 2.81 bits per heavy atom. The molecule has 0 saturated carbocycles. The van der Waals surface area contributed by atoms with Crippen molar-refractivity contribution in [2.75, 3.05) is 5.32 Å². The summed E-state index contributed by atoms with van der Waals surface area (Å²) in [6.45, 7) is 6.19. The molecular weight excluding hydrogens is 302 g/mol. The largest absolute Gasteiger partial charge is 0.298 e. The molecule has 0 atom stereocenters. The second kappa shape index (κ2) is 7.47. The molecule has 0 aliphatic carbocycles. The van der Waals surface area contributed by atoms with Crippen molar-refractivity contribution < 1.29 is 4.79 Å². The Hall–Kier alpha value is -1.53. The van der Waals surface area contributed by atoms with E-state index in [2.05, 4.69) is 29.1 Å². The first kappa shape index (κ1) is 15.9. The average molecular weight is 321 g/mol. The predicted octanol–water partition coefficient (Wildman–Crippen LogP) is 4.07. The lowest BCUT2D eigenvalue weighted by Crippen LogP contribution is -2.07. The zero-order chi connectivity index (χ0) is 15.2. The summed E-state index contributed by atoms with van der Waals surface area (Å²) in [6.07, 6.45) is 8.06. The molecule has 1 amide bonds. The summed E-state index contributed by atoms with van der Waals surface area (Å²) in [5, 5.41) is 4.52. The van der Waals surface area contributed by atoms with E-state index in [-0.39, 0.29) is 5.91 Å². The molecule has 0 spiro atoms. The molecule has 2 heterocycles. The molecule has 2 aromatic heterocycles. The van der Waals surface area contributed by atoms with Crippen molar-refractivity contribution >= 4 is 39.8 Å². The minimum Gasteiger partial charge on any atom is -0.298 e.